The Kier molecular flexibility index (Phi) is 6.14. The van der Waals surface area contributed by atoms with Gasteiger partial charge < -0.3 is 5.32 Å². The number of amides is 2. The number of likely N-dealkylation sites (N-methyl/N-ethyl adjacent to an activating group) is 1. The minimum absolute atomic E-state index is 0.0248. The van der Waals surface area contributed by atoms with Crippen LogP contribution in [-0.4, -0.2) is 42.5 Å². The number of alkyl halides is 3. The van der Waals surface area contributed by atoms with Crippen molar-refractivity contribution in [3.8, 4) is 0 Å². The highest BCUT2D eigenvalue weighted by Crippen LogP contribution is 2.37. The van der Waals surface area contributed by atoms with E-state index in [1.54, 1.807) is 42.3 Å². The van der Waals surface area contributed by atoms with E-state index in [9.17, 15) is 22.8 Å². The molecule has 1 N–H and O–H groups in total. The molecule has 2 aromatic rings. The number of carbonyl (C=O) groups is 2. The lowest BCUT2D eigenvalue weighted by Crippen LogP contribution is -2.52. The SMILES string of the molecule is CN(CC(=O)N1c2ccccc2NC(=O)CC1C(F)(F)F)Cc1ccccc1Cl. The summed E-state index contributed by atoms with van der Waals surface area (Å²) in [6, 6.07) is 10.8. The summed E-state index contributed by atoms with van der Waals surface area (Å²) >= 11 is 6.12. The van der Waals surface area contributed by atoms with E-state index in [-0.39, 0.29) is 24.5 Å². The smallest absolute Gasteiger partial charge is 0.324 e. The molecule has 1 unspecified atom stereocenters. The average Bonchev–Trinajstić information content (AvgIpc) is 2.79. The quantitative estimate of drug-likeness (QED) is 0.803. The monoisotopic (exact) mass is 425 g/mol. The summed E-state index contributed by atoms with van der Waals surface area (Å²) in [4.78, 5) is 27.2. The molecule has 9 heteroatoms. The zero-order valence-corrected chi connectivity index (χ0v) is 16.3. The third kappa shape index (κ3) is 4.89. The van der Waals surface area contributed by atoms with Gasteiger partial charge in [0.25, 0.3) is 0 Å². The maximum Gasteiger partial charge on any atom is 0.409 e. The lowest BCUT2D eigenvalue weighted by Gasteiger charge is -2.33. The van der Waals surface area contributed by atoms with E-state index >= 15 is 0 Å². The first-order chi connectivity index (χ1) is 13.7. The molecule has 2 aromatic carbocycles. The van der Waals surface area contributed by atoms with Crippen molar-refractivity contribution in [1.29, 1.82) is 0 Å². The number of halogens is 4. The van der Waals surface area contributed by atoms with Gasteiger partial charge in [0.1, 0.15) is 6.04 Å². The van der Waals surface area contributed by atoms with Gasteiger partial charge in [0.05, 0.1) is 24.3 Å². The van der Waals surface area contributed by atoms with Crippen LogP contribution in [0.3, 0.4) is 0 Å². The molecule has 0 saturated carbocycles. The summed E-state index contributed by atoms with van der Waals surface area (Å²) in [5, 5.41) is 2.96. The van der Waals surface area contributed by atoms with Gasteiger partial charge in [0.15, 0.2) is 0 Å². The number of nitrogens with one attached hydrogen (secondary N) is 1. The standard InChI is InChI=1S/C20H19ClF3N3O2/c1-26(11-13-6-2-3-7-14(13)21)12-19(29)27-16-9-5-4-8-15(16)25-18(28)10-17(27)20(22,23)24/h2-9,17H,10-12H2,1H3,(H,25,28). The van der Waals surface area contributed by atoms with Crippen LogP contribution in [0.25, 0.3) is 0 Å². The molecule has 0 spiro atoms. The van der Waals surface area contributed by atoms with Gasteiger partial charge in [-0.15, -0.1) is 0 Å². The zero-order chi connectivity index (χ0) is 21.2. The zero-order valence-electron chi connectivity index (χ0n) is 15.5. The highest BCUT2D eigenvalue weighted by Gasteiger charge is 2.49. The van der Waals surface area contributed by atoms with Gasteiger partial charge in [-0.05, 0) is 30.8 Å². The number of carbonyl (C=O) groups excluding carboxylic acids is 2. The third-order valence-corrected chi connectivity index (χ3v) is 4.95. The van der Waals surface area contributed by atoms with Gasteiger partial charge in [0.2, 0.25) is 11.8 Å². The normalized spacial score (nSPS) is 17.0. The average molecular weight is 426 g/mol. The summed E-state index contributed by atoms with van der Waals surface area (Å²) in [7, 11) is 1.62. The molecule has 0 aliphatic carbocycles. The molecule has 0 bridgehead atoms. The van der Waals surface area contributed by atoms with Crippen LogP contribution in [0.1, 0.15) is 12.0 Å². The highest BCUT2D eigenvalue weighted by molar-refractivity contribution is 6.31. The second-order valence-corrected chi connectivity index (χ2v) is 7.26. The summed E-state index contributed by atoms with van der Waals surface area (Å²) in [6.07, 6.45) is -5.62. The minimum Gasteiger partial charge on any atom is -0.324 e. The van der Waals surface area contributed by atoms with Gasteiger partial charge in [0, 0.05) is 11.6 Å². The van der Waals surface area contributed by atoms with E-state index in [1.165, 1.54) is 18.2 Å². The number of fused-ring (bicyclic) bond motifs is 1. The molecule has 0 radical (unpaired) electrons. The van der Waals surface area contributed by atoms with Crippen LogP contribution < -0.4 is 10.2 Å². The molecule has 1 heterocycles. The molecule has 5 nitrogen and oxygen atoms in total. The summed E-state index contributed by atoms with van der Waals surface area (Å²) in [5.74, 6) is -1.55. The van der Waals surface area contributed by atoms with Crippen LogP contribution in [0.2, 0.25) is 5.02 Å². The second-order valence-electron chi connectivity index (χ2n) is 6.85. The van der Waals surface area contributed by atoms with Gasteiger partial charge >= 0.3 is 6.18 Å². The Balaban J connectivity index is 1.89. The van der Waals surface area contributed by atoms with Crippen LogP contribution in [0.15, 0.2) is 48.5 Å². The minimum atomic E-state index is -4.76. The van der Waals surface area contributed by atoms with Crippen LogP contribution >= 0.6 is 11.6 Å². The first-order valence-corrected chi connectivity index (χ1v) is 9.24. The highest BCUT2D eigenvalue weighted by atomic mass is 35.5. The Morgan fingerprint density at radius 2 is 1.86 bits per heavy atom. The molecule has 29 heavy (non-hydrogen) atoms. The molecule has 1 aliphatic heterocycles. The molecular weight excluding hydrogens is 407 g/mol. The molecule has 3 rings (SSSR count). The number of para-hydroxylation sites is 2. The molecule has 1 atom stereocenters. The Hall–Kier alpha value is -2.58. The fourth-order valence-electron chi connectivity index (χ4n) is 3.28. The first-order valence-electron chi connectivity index (χ1n) is 8.86. The Labute approximate surface area is 171 Å². The largest absolute Gasteiger partial charge is 0.409 e. The third-order valence-electron chi connectivity index (χ3n) is 4.58. The van der Waals surface area contributed by atoms with Crippen molar-refractivity contribution in [2.45, 2.75) is 25.2 Å². The fraction of sp³-hybridized carbons (Fsp3) is 0.300. The van der Waals surface area contributed by atoms with Crippen LogP contribution in [0.4, 0.5) is 24.5 Å². The summed E-state index contributed by atoms with van der Waals surface area (Å²) in [6.45, 7) is 0.00902. The summed E-state index contributed by atoms with van der Waals surface area (Å²) in [5.41, 5.74) is 0.952. The Morgan fingerprint density at radius 1 is 1.21 bits per heavy atom. The van der Waals surface area contributed by atoms with Crippen molar-refractivity contribution >= 4 is 34.8 Å². The van der Waals surface area contributed by atoms with Gasteiger partial charge in [-0.25, -0.2) is 0 Å². The molecule has 0 fully saturated rings. The van der Waals surface area contributed by atoms with E-state index in [4.69, 9.17) is 11.6 Å². The topological polar surface area (TPSA) is 52.7 Å². The van der Waals surface area contributed by atoms with Crippen molar-refractivity contribution in [1.82, 2.24) is 4.90 Å². The molecule has 0 saturated heterocycles. The van der Waals surface area contributed by atoms with Gasteiger partial charge in [-0.3, -0.25) is 19.4 Å². The van der Waals surface area contributed by atoms with E-state index in [0.29, 0.717) is 9.92 Å². The van der Waals surface area contributed by atoms with Crippen LogP contribution in [0, 0.1) is 0 Å². The van der Waals surface area contributed by atoms with Gasteiger partial charge in [-0.2, -0.15) is 13.2 Å². The Morgan fingerprint density at radius 3 is 2.55 bits per heavy atom. The van der Waals surface area contributed by atoms with Crippen LogP contribution in [0.5, 0.6) is 0 Å². The van der Waals surface area contributed by atoms with Crippen molar-refractivity contribution < 1.29 is 22.8 Å². The lowest BCUT2D eigenvalue weighted by atomic mass is 10.1. The molecule has 1 aliphatic rings. The number of benzene rings is 2. The lowest BCUT2D eigenvalue weighted by molar-refractivity contribution is -0.158. The number of hydrogen-bond acceptors (Lipinski definition) is 3. The van der Waals surface area contributed by atoms with Crippen molar-refractivity contribution in [3.05, 3.63) is 59.1 Å². The molecule has 154 valence electrons. The van der Waals surface area contributed by atoms with E-state index in [0.717, 1.165) is 5.56 Å². The number of rotatable bonds is 4. The van der Waals surface area contributed by atoms with E-state index in [2.05, 4.69) is 5.32 Å². The number of anilines is 2. The van der Waals surface area contributed by atoms with Crippen molar-refractivity contribution in [3.63, 3.8) is 0 Å². The first kappa shape index (κ1) is 21.1. The summed E-state index contributed by atoms with van der Waals surface area (Å²) < 4.78 is 41.2. The van der Waals surface area contributed by atoms with Gasteiger partial charge in [-0.1, -0.05) is 41.9 Å². The molecule has 0 aromatic heterocycles. The number of hydrogen-bond donors (Lipinski definition) is 1. The maximum atomic E-state index is 13.7. The number of nitrogens with zero attached hydrogens (tertiary/aromatic N) is 2. The second kappa shape index (κ2) is 8.42. The maximum absolute atomic E-state index is 13.7. The fourth-order valence-corrected chi connectivity index (χ4v) is 3.47. The van der Waals surface area contributed by atoms with E-state index < -0.39 is 30.5 Å². The van der Waals surface area contributed by atoms with Crippen molar-refractivity contribution in [2.75, 3.05) is 23.8 Å². The van der Waals surface area contributed by atoms with E-state index in [1.807, 2.05) is 0 Å². The molecule has 2 amide bonds. The predicted octanol–water partition coefficient (Wildman–Crippen LogP) is 4.08. The predicted molar refractivity (Wildman–Crippen MR) is 105 cm³/mol. The van der Waals surface area contributed by atoms with Crippen LogP contribution in [-0.2, 0) is 16.1 Å². The van der Waals surface area contributed by atoms with Crippen molar-refractivity contribution in [2.24, 2.45) is 0 Å². The molecular formula is C20H19ClF3N3O2. The Bertz CT molecular complexity index is 920.